The summed E-state index contributed by atoms with van der Waals surface area (Å²) in [5.74, 6) is 0. The third-order valence-corrected chi connectivity index (χ3v) is 2.45. The number of rotatable bonds is 4. The van der Waals surface area contributed by atoms with Crippen molar-refractivity contribution >= 4 is 0 Å². The summed E-state index contributed by atoms with van der Waals surface area (Å²) in [5.41, 5.74) is 0. The van der Waals surface area contributed by atoms with Crippen molar-refractivity contribution in [2.45, 2.75) is 39.0 Å². The normalized spacial score (nSPS) is 28.0. The zero-order valence-electron chi connectivity index (χ0n) is 8.51. The fraction of sp³-hybridized carbons (Fsp3) is 1.00. The lowest BCUT2D eigenvalue weighted by atomic mass is 10.3. The Bertz CT molecular complexity index is 138. The van der Waals surface area contributed by atoms with Crippen molar-refractivity contribution in [3.05, 3.63) is 0 Å². The molecule has 0 N–H and O–H groups in total. The van der Waals surface area contributed by atoms with E-state index in [1.54, 1.807) is 0 Å². The lowest BCUT2D eigenvalue weighted by Gasteiger charge is -2.27. The molecule has 1 saturated heterocycles. The number of epoxide rings is 1. The highest BCUT2D eigenvalue weighted by atomic mass is 35.5. The molecule has 3 heteroatoms. The van der Waals surface area contributed by atoms with Crippen molar-refractivity contribution in [1.29, 1.82) is 0 Å². The first-order valence-corrected chi connectivity index (χ1v) is 4.60. The minimum atomic E-state index is 0. The first kappa shape index (κ1) is 12.2. The lowest BCUT2D eigenvalue weighted by Crippen LogP contribution is -3.00. The average molecular weight is 194 g/mol. The van der Waals surface area contributed by atoms with Crippen molar-refractivity contribution in [3.8, 4) is 0 Å². The molecule has 74 valence electrons. The van der Waals surface area contributed by atoms with Crippen LogP contribution in [0.1, 0.15) is 26.7 Å². The van der Waals surface area contributed by atoms with Crippen LogP contribution in [0.2, 0.25) is 0 Å². The van der Waals surface area contributed by atoms with E-state index < -0.39 is 0 Å². The Morgan fingerprint density at radius 3 is 2.17 bits per heavy atom. The van der Waals surface area contributed by atoms with E-state index in [-0.39, 0.29) is 12.4 Å². The fourth-order valence-corrected chi connectivity index (χ4v) is 1.75. The van der Waals surface area contributed by atoms with Crippen LogP contribution in [-0.2, 0) is 4.74 Å². The quantitative estimate of drug-likeness (QED) is 0.396. The highest BCUT2D eigenvalue weighted by molar-refractivity contribution is 4.74. The van der Waals surface area contributed by atoms with Gasteiger partial charge in [0.1, 0.15) is 6.10 Å². The molecular formula is C9H20ClNO. The van der Waals surface area contributed by atoms with Gasteiger partial charge in [0, 0.05) is 0 Å². The minimum Gasteiger partial charge on any atom is -1.00 e. The van der Waals surface area contributed by atoms with Crippen molar-refractivity contribution in [3.63, 3.8) is 0 Å². The molecule has 0 aromatic heterocycles. The van der Waals surface area contributed by atoms with Crippen LogP contribution >= 0.6 is 0 Å². The van der Waals surface area contributed by atoms with Crippen LogP contribution in [-0.4, -0.2) is 37.5 Å². The number of likely N-dealkylation sites (N-methyl/N-ethyl adjacent to an activating group) is 1. The summed E-state index contributed by atoms with van der Waals surface area (Å²) in [6.45, 7) is 5.64. The van der Waals surface area contributed by atoms with Gasteiger partial charge in [-0.15, -0.1) is 0 Å². The van der Waals surface area contributed by atoms with E-state index in [4.69, 9.17) is 4.74 Å². The Balaban J connectivity index is 0.00000121. The second-order valence-electron chi connectivity index (χ2n) is 3.98. The van der Waals surface area contributed by atoms with Gasteiger partial charge in [-0.05, 0) is 12.8 Å². The molecule has 0 radical (unpaired) electrons. The predicted molar refractivity (Wildman–Crippen MR) is 46.2 cm³/mol. The Kier molecular flexibility index (Phi) is 4.53. The zero-order chi connectivity index (χ0) is 8.48. The second kappa shape index (κ2) is 4.45. The number of quaternary nitrogens is 1. The highest BCUT2D eigenvalue weighted by Crippen LogP contribution is 2.31. The van der Waals surface area contributed by atoms with Gasteiger partial charge in [0.15, 0.2) is 0 Å². The molecule has 0 aromatic rings. The summed E-state index contributed by atoms with van der Waals surface area (Å²) in [7, 11) is 4.51. The number of nitrogens with zero attached hydrogens (tertiary/aromatic N) is 1. The number of hydrogen-bond acceptors (Lipinski definition) is 1. The molecule has 0 aliphatic carbocycles. The summed E-state index contributed by atoms with van der Waals surface area (Å²) in [5, 5.41) is 0. The van der Waals surface area contributed by atoms with Crippen molar-refractivity contribution in [2.24, 2.45) is 0 Å². The molecule has 2 nitrogen and oxygen atoms in total. The van der Waals surface area contributed by atoms with Gasteiger partial charge in [0.25, 0.3) is 0 Å². The van der Waals surface area contributed by atoms with Gasteiger partial charge in [-0.1, -0.05) is 13.8 Å². The molecule has 1 aliphatic heterocycles. The van der Waals surface area contributed by atoms with Crippen LogP contribution in [0.3, 0.4) is 0 Å². The number of hydrogen-bond donors (Lipinski definition) is 0. The lowest BCUT2D eigenvalue weighted by molar-refractivity contribution is -0.911. The van der Waals surface area contributed by atoms with Crippen molar-refractivity contribution < 1.29 is 21.6 Å². The Labute approximate surface area is 81.9 Å². The molecule has 2 atom stereocenters. The smallest absolute Gasteiger partial charge is 0.220 e. The molecule has 2 unspecified atom stereocenters. The summed E-state index contributed by atoms with van der Waals surface area (Å²) in [6, 6.07) is 0. The summed E-state index contributed by atoms with van der Waals surface area (Å²) in [4.78, 5) is 0. The first-order chi connectivity index (χ1) is 5.11. The molecule has 1 rings (SSSR count). The molecule has 1 fully saturated rings. The van der Waals surface area contributed by atoms with Gasteiger partial charge in [-0.3, -0.25) is 0 Å². The zero-order valence-corrected chi connectivity index (χ0v) is 9.27. The average Bonchev–Trinajstić information content (AvgIpc) is 2.65. The number of ether oxygens (including phenoxy) is 1. The maximum Gasteiger partial charge on any atom is 0.220 e. The van der Waals surface area contributed by atoms with Gasteiger partial charge >= 0.3 is 0 Å². The third kappa shape index (κ3) is 2.61. The maximum absolute atomic E-state index is 5.56. The molecule has 0 aromatic carbocycles. The minimum absolute atomic E-state index is 0. The first-order valence-electron chi connectivity index (χ1n) is 4.60. The van der Waals surface area contributed by atoms with Gasteiger partial charge in [-0.2, -0.15) is 0 Å². The second-order valence-corrected chi connectivity index (χ2v) is 3.98. The van der Waals surface area contributed by atoms with Gasteiger partial charge in [0.05, 0.1) is 20.6 Å². The van der Waals surface area contributed by atoms with E-state index >= 15 is 0 Å². The Hall–Kier alpha value is 0.210. The third-order valence-electron chi connectivity index (χ3n) is 2.45. The van der Waals surface area contributed by atoms with Crippen LogP contribution in [0, 0.1) is 0 Å². The highest BCUT2D eigenvalue weighted by Gasteiger charge is 2.49. The monoisotopic (exact) mass is 193 g/mol. The SMILES string of the molecule is CCC[N+](C)(C)C1OC1CC.[Cl-]. The van der Waals surface area contributed by atoms with Gasteiger partial charge in [-0.25, -0.2) is 0 Å². The van der Waals surface area contributed by atoms with E-state index in [0.717, 1.165) is 10.9 Å². The van der Waals surface area contributed by atoms with Crippen LogP contribution in [0.25, 0.3) is 0 Å². The predicted octanol–water partition coefficient (Wildman–Crippen LogP) is -1.39. The van der Waals surface area contributed by atoms with E-state index in [1.165, 1.54) is 13.0 Å². The van der Waals surface area contributed by atoms with E-state index in [1.807, 2.05) is 0 Å². The molecule has 1 aliphatic rings. The summed E-state index contributed by atoms with van der Waals surface area (Å²) >= 11 is 0. The van der Waals surface area contributed by atoms with Gasteiger partial charge in [0.2, 0.25) is 6.23 Å². The molecule has 0 bridgehead atoms. The van der Waals surface area contributed by atoms with Crippen molar-refractivity contribution in [2.75, 3.05) is 20.6 Å². The van der Waals surface area contributed by atoms with Crippen LogP contribution in [0.5, 0.6) is 0 Å². The summed E-state index contributed by atoms with van der Waals surface area (Å²) in [6.07, 6.45) is 3.43. The maximum atomic E-state index is 5.56. The van der Waals surface area contributed by atoms with Gasteiger partial charge < -0.3 is 21.6 Å². The van der Waals surface area contributed by atoms with E-state index in [2.05, 4.69) is 27.9 Å². The summed E-state index contributed by atoms with van der Waals surface area (Å²) < 4.78 is 6.59. The van der Waals surface area contributed by atoms with Crippen molar-refractivity contribution in [1.82, 2.24) is 0 Å². The van der Waals surface area contributed by atoms with Crippen LogP contribution < -0.4 is 12.4 Å². The topological polar surface area (TPSA) is 12.5 Å². The Morgan fingerprint density at radius 1 is 1.25 bits per heavy atom. The fourth-order valence-electron chi connectivity index (χ4n) is 1.75. The molecule has 0 saturated carbocycles. The van der Waals surface area contributed by atoms with E-state index in [0.29, 0.717) is 12.3 Å². The molecule has 12 heavy (non-hydrogen) atoms. The molecule has 0 amide bonds. The molecule has 1 heterocycles. The van der Waals surface area contributed by atoms with E-state index in [9.17, 15) is 0 Å². The molecule has 0 spiro atoms. The standard InChI is InChI=1S/C9H20NO.ClH/c1-5-7-10(3,4)9-8(6-2)11-9;/h8-9H,5-7H2,1-4H3;1H/q+1;/p-1. The van der Waals surface area contributed by atoms with Crippen LogP contribution in [0.4, 0.5) is 0 Å². The Morgan fingerprint density at radius 2 is 1.83 bits per heavy atom. The van der Waals surface area contributed by atoms with Crippen LogP contribution in [0.15, 0.2) is 0 Å². The number of halogens is 1. The largest absolute Gasteiger partial charge is 1.00 e. The molecular weight excluding hydrogens is 174 g/mol.